The van der Waals surface area contributed by atoms with Crippen LogP contribution in [0.5, 0.6) is 0 Å². The van der Waals surface area contributed by atoms with Gasteiger partial charge in [-0.05, 0) is 18.6 Å². The molecule has 0 unspecified atom stereocenters. The maximum Gasteiger partial charge on any atom is 0.240 e. The number of hydrogen-bond donors (Lipinski definition) is 2. The highest BCUT2D eigenvalue weighted by molar-refractivity contribution is 7.99. The van der Waals surface area contributed by atoms with Crippen LogP contribution in [0.3, 0.4) is 0 Å². The summed E-state index contributed by atoms with van der Waals surface area (Å²) < 4.78 is 0. The summed E-state index contributed by atoms with van der Waals surface area (Å²) in [7, 11) is 0. The first-order valence-corrected chi connectivity index (χ1v) is 8.14. The van der Waals surface area contributed by atoms with Crippen LogP contribution in [0, 0.1) is 11.3 Å². The fraction of sp³-hybridized carbons (Fsp3) is 0.500. The number of carbonyl (C=O) groups excluding carboxylic acids is 1. The molecule has 3 rings (SSSR count). The molecule has 3 heterocycles. The number of thioether (sulfide) groups is 1. The maximum absolute atomic E-state index is 12.3. The van der Waals surface area contributed by atoms with E-state index in [2.05, 4.69) is 15.6 Å². The van der Waals surface area contributed by atoms with E-state index in [1.807, 2.05) is 11.0 Å². The first kappa shape index (κ1) is 16.9. The number of amides is 1. The molecule has 118 valence electrons. The van der Waals surface area contributed by atoms with Crippen molar-refractivity contribution in [2.45, 2.75) is 18.5 Å². The van der Waals surface area contributed by atoms with Crippen LogP contribution < -0.4 is 10.6 Å². The lowest BCUT2D eigenvalue weighted by atomic mass is 10.1. The van der Waals surface area contributed by atoms with E-state index >= 15 is 0 Å². The Balaban J connectivity index is 0.00000176. The van der Waals surface area contributed by atoms with Gasteiger partial charge in [-0.15, -0.1) is 24.2 Å². The van der Waals surface area contributed by atoms with Crippen LogP contribution in [0.4, 0.5) is 5.82 Å². The minimum atomic E-state index is -0.0976. The van der Waals surface area contributed by atoms with Gasteiger partial charge in [0.05, 0.1) is 17.5 Å². The molecule has 1 amide bonds. The Hall–Kier alpha value is -1.49. The number of nitrogens with one attached hydrogen (secondary N) is 2. The summed E-state index contributed by atoms with van der Waals surface area (Å²) in [6.07, 6.45) is 2.32. The number of aromatic nitrogens is 1. The van der Waals surface area contributed by atoms with Crippen LogP contribution in [0.1, 0.15) is 12.0 Å². The third-order valence-electron chi connectivity index (χ3n) is 3.74. The average Bonchev–Trinajstić information content (AvgIpc) is 3.19. The maximum atomic E-state index is 12.3. The van der Waals surface area contributed by atoms with Crippen LogP contribution in [0.15, 0.2) is 18.3 Å². The van der Waals surface area contributed by atoms with E-state index in [1.54, 1.807) is 30.1 Å². The summed E-state index contributed by atoms with van der Waals surface area (Å²) in [5.41, 5.74) is 0.546. The number of halogens is 1. The Morgan fingerprint density at radius 2 is 2.41 bits per heavy atom. The summed E-state index contributed by atoms with van der Waals surface area (Å²) in [6, 6.07) is 5.67. The fourth-order valence-corrected chi connectivity index (χ4v) is 3.55. The van der Waals surface area contributed by atoms with Gasteiger partial charge in [-0.25, -0.2) is 4.98 Å². The molecule has 8 heteroatoms. The minimum absolute atomic E-state index is 0. The SMILES string of the molecule is Cl.N#Cc1ccc(N[C@@H]2CN[C@H](C(=O)N3CCSC3)C2)nc1. The molecule has 6 nitrogen and oxygen atoms in total. The number of nitrogens with zero attached hydrogens (tertiary/aromatic N) is 3. The topological polar surface area (TPSA) is 81.0 Å². The lowest BCUT2D eigenvalue weighted by Gasteiger charge is -2.19. The van der Waals surface area contributed by atoms with Gasteiger partial charge >= 0.3 is 0 Å². The summed E-state index contributed by atoms with van der Waals surface area (Å²) in [6.45, 7) is 1.61. The highest BCUT2D eigenvalue weighted by Gasteiger charge is 2.33. The summed E-state index contributed by atoms with van der Waals surface area (Å²) in [5.74, 6) is 2.80. The van der Waals surface area contributed by atoms with E-state index in [-0.39, 0.29) is 30.4 Å². The Morgan fingerprint density at radius 3 is 3.05 bits per heavy atom. The molecule has 2 N–H and O–H groups in total. The predicted molar refractivity (Wildman–Crippen MR) is 89.1 cm³/mol. The molecule has 2 fully saturated rings. The second-order valence-corrected chi connectivity index (χ2v) is 6.30. The van der Waals surface area contributed by atoms with Crippen molar-refractivity contribution in [3.8, 4) is 6.07 Å². The smallest absolute Gasteiger partial charge is 0.240 e. The van der Waals surface area contributed by atoms with Gasteiger partial charge < -0.3 is 15.5 Å². The van der Waals surface area contributed by atoms with Crippen molar-refractivity contribution >= 4 is 35.9 Å². The van der Waals surface area contributed by atoms with Gasteiger partial charge in [0.15, 0.2) is 0 Å². The number of rotatable bonds is 3. The molecule has 2 atom stereocenters. The van der Waals surface area contributed by atoms with E-state index in [0.29, 0.717) is 5.56 Å². The van der Waals surface area contributed by atoms with E-state index in [4.69, 9.17) is 5.26 Å². The van der Waals surface area contributed by atoms with Gasteiger partial charge in [-0.1, -0.05) is 0 Å². The highest BCUT2D eigenvalue weighted by atomic mass is 35.5. The lowest BCUT2D eigenvalue weighted by molar-refractivity contribution is -0.131. The zero-order valence-electron chi connectivity index (χ0n) is 12.0. The number of hydrogen-bond acceptors (Lipinski definition) is 6. The van der Waals surface area contributed by atoms with Gasteiger partial charge in [-0.3, -0.25) is 4.79 Å². The van der Waals surface area contributed by atoms with E-state index in [1.165, 1.54) is 0 Å². The van der Waals surface area contributed by atoms with Gasteiger partial charge in [0.2, 0.25) is 5.91 Å². The number of pyridine rings is 1. The largest absolute Gasteiger partial charge is 0.366 e. The third kappa shape index (κ3) is 3.83. The molecule has 2 saturated heterocycles. The van der Waals surface area contributed by atoms with Crippen molar-refractivity contribution in [2.75, 3.05) is 30.0 Å². The second kappa shape index (κ2) is 7.68. The van der Waals surface area contributed by atoms with Crippen molar-refractivity contribution in [2.24, 2.45) is 0 Å². The van der Waals surface area contributed by atoms with Crippen molar-refractivity contribution in [1.29, 1.82) is 5.26 Å². The molecule has 0 spiro atoms. The fourth-order valence-electron chi connectivity index (χ4n) is 2.60. The van der Waals surface area contributed by atoms with Gasteiger partial charge in [0.1, 0.15) is 11.9 Å². The number of nitriles is 1. The second-order valence-electron chi connectivity index (χ2n) is 5.22. The van der Waals surface area contributed by atoms with Crippen molar-refractivity contribution in [1.82, 2.24) is 15.2 Å². The standard InChI is InChI=1S/C14H17N5OS.ClH/c15-6-10-1-2-13(17-7-10)18-11-5-12(16-8-11)14(20)19-3-4-21-9-19;/h1-2,7,11-12,16H,3-5,8-9H2,(H,17,18);1H/t11-,12-;/m0./s1. The molecule has 2 aliphatic heterocycles. The minimum Gasteiger partial charge on any atom is -0.366 e. The lowest BCUT2D eigenvalue weighted by Crippen LogP contribution is -2.42. The first-order valence-electron chi connectivity index (χ1n) is 6.99. The Labute approximate surface area is 140 Å². The first-order chi connectivity index (χ1) is 10.3. The van der Waals surface area contributed by atoms with Crippen molar-refractivity contribution in [3.05, 3.63) is 23.9 Å². The van der Waals surface area contributed by atoms with Crippen LogP contribution >= 0.6 is 24.2 Å². The van der Waals surface area contributed by atoms with Crippen molar-refractivity contribution in [3.63, 3.8) is 0 Å². The number of anilines is 1. The molecule has 0 aromatic carbocycles. The predicted octanol–water partition coefficient (Wildman–Crippen LogP) is 1.05. The molecule has 1 aromatic heterocycles. The van der Waals surface area contributed by atoms with Gasteiger partial charge in [-0.2, -0.15) is 5.26 Å². The molecule has 0 bridgehead atoms. The van der Waals surface area contributed by atoms with E-state index in [9.17, 15) is 4.79 Å². The molecular formula is C14H18ClN5OS. The van der Waals surface area contributed by atoms with E-state index in [0.717, 1.165) is 37.0 Å². The van der Waals surface area contributed by atoms with E-state index < -0.39 is 0 Å². The molecule has 2 aliphatic rings. The summed E-state index contributed by atoms with van der Waals surface area (Å²) >= 11 is 1.80. The Kier molecular flexibility index (Phi) is 5.89. The quantitative estimate of drug-likeness (QED) is 0.856. The highest BCUT2D eigenvalue weighted by Crippen LogP contribution is 2.19. The monoisotopic (exact) mass is 339 g/mol. The Morgan fingerprint density at radius 1 is 1.55 bits per heavy atom. The molecule has 0 aliphatic carbocycles. The van der Waals surface area contributed by atoms with Crippen LogP contribution in [0.2, 0.25) is 0 Å². The number of carbonyl (C=O) groups is 1. The molecular weight excluding hydrogens is 322 g/mol. The molecule has 0 saturated carbocycles. The van der Waals surface area contributed by atoms with Crippen molar-refractivity contribution < 1.29 is 4.79 Å². The molecule has 1 aromatic rings. The van der Waals surface area contributed by atoms with Crippen LogP contribution in [0.25, 0.3) is 0 Å². The zero-order valence-corrected chi connectivity index (χ0v) is 13.6. The summed E-state index contributed by atoms with van der Waals surface area (Å²) in [4.78, 5) is 18.4. The normalized spacial score (nSPS) is 23.7. The summed E-state index contributed by atoms with van der Waals surface area (Å²) in [5, 5.41) is 15.3. The third-order valence-corrected chi connectivity index (χ3v) is 4.70. The van der Waals surface area contributed by atoms with Crippen LogP contribution in [-0.4, -0.2) is 52.6 Å². The average molecular weight is 340 g/mol. The van der Waals surface area contributed by atoms with Gasteiger partial charge in [0.25, 0.3) is 0 Å². The van der Waals surface area contributed by atoms with Gasteiger partial charge in [0, 0.05) is 31.1 Å². The zero-order chi connectivity index (χ0) is 14.7. The Bertz CT molecular complexity index is 555. The molecule has 0 radical (unpaired) electrons. The van der Waals surface area contributed by atoms with Crippen LogP contribution in [-0.2, 0) is 4.79 Å². The molecule has 22 heavy (non-hydrogen) atoms.